The molecule has 12 heavy (non-hydrogen) atoms. The predicted octanol–water partition coefficient (Wildman–Crippen LogP) is -0.137. The minimum absolute atomic E-state index is 0.0359. The Kier molecular flexibility index (Phi) is 2.65. The van der Waals surface area contributed by atoms with Gasteiger partial charge in [0, 0.05) is 32.4 Å². The van der Waals surface area contributed by atoms with Crippen molar-refractivity contribution in [2.45, 2.75) is 13.0 Å². The predicted molar refractivity (Wildman–Crippen MR) is 51.1 cm³/mol. The van der Waals surface area contributed by atoms with Crippen molar-refractivity contribution in [2.24, 2.45) is 12.8 Å². The third-order valence-electron chi connectivity index (χ3n) is 1.62. The zero-order valence-corrected chi connectivity index (χ0v) is 7.67. The number of aromatic nitrogens is 2. The van der Waals surface area contributed by atoms with E-state index in [0.29, 0.717) is 18.0 Å². The van der Waals surface area contributed by atoms with E-state index < -0.39 is 0 Å². The van der Waals surface area contributed by atoms with Crippen molar-refractivity contribution >= 4 is 17.2 Å². The minimum Gasteiger partial charge on any atom is -0.393 e. The first kappa shape index (κ1) is 8.99. The SMILES string of the molecule is Cn1ccn(CCC(N)=S)c1=O. The molecule has 5 heteroatoms. The largest absolute Gasteiger partial charge is 0.393 e. The van der Waals surface area contributed by atoms with Crippen molar-refractivity contribution in [1.82, 2.24) is 9.13 Å². The zero-order valence-electron chi connectivity index (χ0n) is 6.86. The molecule has 0 spiro atoms. The van der Waals surface area contributed by atoms with Crippen molar-refractivity contribution in [2.75, 3.05) is 0 Å². The van der Waals surface area contributed by atoms with Crippen LogP contribution in [0.1, 0.15) is 6.42 Å². The maximum Gasteiger partial charge on any atom is 0.327 e. The van der Waals surface area contributed by atoms with Crippen LogP contribution in [0.3, 0.4) is 0 Å². The molecule has 0 bridgehead atoms. The first-order chi connectivity index (χ1) is 5.61. The number of hydrogen-bond acceptors (Lipinski definition) is 2. The van der Waals surface area contributed by atoms with E-state index in [1.807, 2.05) is 0 Å². The Labute approximate surface area is 75.6 Å². The lowest BCUT2D eigenvalue weighted by atomic mass is 10.4. The van der Waals surface area contributed by atoms with E-state index in [2.05, 4.69) is 0 Å². The molecular formula is C7H11N3OS. The number of nitrogens with two attached hydrogens (primary N) is 1. The summed E-state index contributed by atoms with van der Waals surface area (Å²) in [6, 6.07) is 0. The van der Waals surface area contributed by atoms with Crippen LogP contribution in [0, 0.1) is 0 Å². The monoisotopic (exact) mass is 185 g/mol. The van der Waals surface area contributed by atoms with E-state index in [-0.39, 0.29) is 5.69 Å². The number of thiocarbonyl (C=S) groups is 1. The van der Waals surface area contributed by atoms with Gasteiger partial charge < -0.3 is 10.3 Å². The van der Waals surface area contributed by atoms with Crippen molar-refractivity contribution in [3.05, 3.63) is 22.9 Å². The van der Waals surface area contributed by atoms with Gasteiger partial charge in [0.15, 0.2) is 0 Å². The van der Waals surface area contributed by atoms with E-state index in [0.717, 1.165) is 0 Å². The Morgan fingerprint density at radius 1 is 1.67 bits per heavy atom. The summed E-state index contributed by atoms with van der Waals surface area (Å²) in [6.45, 7) is 0.564. The Morgan fingerprint density at radius 3 is 2.75 bits per heavy atom. The molecule has 1 aromatic heterocycles. The highest BCUT2D eigenvalue weighted by Gasteiger charge is 1.98. The van der Waals surface area contributed by atoms with Crippen molar-refractivity contribution in [1.29, 1.82) is 0 Å². The van der Waals surface area contributed by atoms with Gasteiger partial charge in [0.05, 0.1) is 4.99 Å². The quantitative estimate of drug-likeness (QED) is 0.667. The molecule has 1 rings (SSSR count). The number of hydrogen-bond donors (Lipinski definition) is 1. The van der Waals surface area contributed by atoms with E-state index in [1.54, 1.807) is 24.0 Å². The molecule has 66 valence electrons. The third-order valence-corrected chi connectivity index (χ3v) is 1.82. The number of rotatable bonds is 3. The minimum atomic E-state index is -0.0359. The average molecular weight is 185 g/mol. The highest BCUT2D eigenvalue weighted by Crippen LogP contribution is 1.87. The molecule has 0 aliphatic rings. The van der Waals surface area contributed by atoms with Gasteiger partial charge in [-0.25, -0.2) is 4.79 Å². The Bertz CT molecular complexity index is 339. The first-order valence-electron chi connectivity index (χ1n) is 3.61. The lowest BCUT2D eigenvalue weighted by Crippen LogP contribution is -2.23. The van der Waals surface area contributed by atoms with E-state index in [1.165, 1.54) is 4.57 Å². The van der Waals surface area contributed by atoms with Crippen LogP contribution in [0.25, 0.3) is 0 Å². The van der Waals surface area contributed by atoms with Gasteiger partial charge in [-0.1, -0.05) is 12.2 Å². The average Bonchev–Trinajstić information content (AvgIpc) is 2.30. The molecule has 1 heterocycles. The van der Waals surface area contributed by atoms with Gasteiger partial charge in [-0.15, -0.1) is 0 Å². The fourth-order valence-corrected chi connectivity index (χ4v) is 1.00. The normalized spacial score (nSPS) is 10.1. The summed E-state index contributed by atoms with van der Waals surface area (Å²) in [7, 11) is 1.71. The molecule has 0 atom stereocenters. The lowest BCUT2D eigenvalue weighted by molar-refractivity contribution is 0.670. The van der Waals surface area contributed by atoms with Gasteiger partial charge in [-0.2, -0.15) is 0 Å². The molecule has 1 aromatic rings. The summed E-state index contributed by atoms with van der Waals surface area (Å²) in [5.41, 5.74) is 5.27. The van der Waals surface area contributed by atoms with Crippen LogP contribution in [-0.2, 0) is 13.6 Å². The number of nitrogens with zero attached hydrogens (tertiary/aromatic N) is 2. The second kappa shape index (κ2) is 3.53. The molecule has 4 nitrogen and oxygen atoms in total. The third kappa shape index (κ3) is 1.94. The highest BCUT2D eigenvalue weighted by molar-refractivity contribution is 7.80. The highest BCUT2D eigenvalue weighted by atomic mass is 32.1. The van der Waals surface area contributed by atoms with Gasteiger partial charge >= 0.3 is 5.69 Å². The van der Waals surface area contributed by atoms with E-state index in [9.17, 15) is 4.79 Å². The Morgan fingerprint density at radius 2 is 2.33 bits per heavy atom. The first-order valence-corrected chi connectivity index (χ1v) is 4.02. The van der Waals surface area contributed by atoms with Crippen LogP contribution in [0.5, 0.6) is 0 Å². The van der Waals surface area contributed by atoms with Gasteiger partial charge in [0.1, 0.15) is 0 Å². The fraction of sp³-hybridized carbons (Fsp3) is 0.429. The van der Waals surface area contributed by atoms with E-state index in [4.69, 9.17) is 18.0 Å². The molecule has 0 aromatic carbocycles. The number of aryl methyl sites for hydroxylation is 2. The van der Waals surface area contributed by atoms with Gasteiger partial charge in [-0.3, -0.25) is 4.57 Å². The second-order valence-corrected chi connectivity index (χ2v) is 3.13. The van der Waals surface area contributed by atoms with Gasteiger partial charge in [-0.05, 0) is 0 Å². The molecule has 0 aliphatic carbocycles. The molecule has 0 amide bonds. The summed E-state index contributed by atoms with van der Waals surface area (Å²) in [5.74, 6) is 0. The molecule has 0 radical (unpaired) electrons. The summed E-state index contributed by atoms with van der Waals surface area (Å²) >= 11 is 4.70. The zero-order chi connectivity index (χ0) is 9.14. The van der Waals surface area contributed by atoms with Crippen molar-refractivity contribution in [3.8, 4) is 0 Å². The van der Waals surface area contributed by atoms with Crippen molar-refractivity contribution in [3.63, 3.8) is 0 Å². The molecular weight excluding hydrogens is 174 g/mol. The van der Waals surface area contributed by atoms with Crippen LogP contribution >= 0.6 is 12.2 Å². The molecule has 0 unspecified atom stereocenters. The topological polar surface area (TPSA) is 52.9 Å². The van der Waals surface area contributed by atoms with Crippen LogP contribution < -0.4 is 11.4 Å². The summed E-state index contributed by atoms with van der Waals surface area (Å²) in [5, 5.41) is 0. The van der Waals surface area contributed by atoms with E-state index >= 15 is 0 Å². The van der Waals surface area contributed by atoms with Crippen LogP contribution in [0.15, 0.2) is 17.2 Å². The summed E-state index contributed by atoms with van der Waals surface area (Å²) in [4.78, 5) is 11.7. The molecule has 0 saturated heterocycles. The summed E-state index contributed by atoms with van der Waals surface area (Å²) in [6.07, 6.45) is 4.00. The molecule has 0 fully saturated rings. The standard InChI is InChI=1S/C7H11N3OS/c1-9-4-5-10(7(9)11)3-2-6(8)12/h4-5H,2-3H2,1H3,(H2,8,12). The molecule has 2 N–H and O–H groups in total. The Balaban J connectivity index is 2.70. The molecule has 0 saturated carbocycles. The second-order valence-electron chi connectivity index (χ2n) is 2.60. The number of imidazole rings is 1. The summed E-state index contributed by atoms with van der Waals surface area (Å²) < 4.78 is 3.10. The van der Waals surface area contributed by atoms with Crippen LogP contribution in [0.2, 0.25) is 0 Å². The van der Waals surface area contributed by atoms with Gasteiger partial charge in [0.25, 0.3) is 0 Å². The van der Waals surface area contributed by atoms with Crippen molar-refractivity contribution < 1.29 is 0 Å². The van der Waals surface area contributed by atoms with Gasteiger partial charge in [0.2, 0.25) is 0 Å². The molecule has 0 aliphatic heterocycles. The fourth-order valence-electron chi connectivity index (χ4n) is 0.911. The lowest BCUT2D eigenvalue weighted by Gasteiger charge is -1.98. The van der Waals surface area contributed by atoms with Crippen LogP contribution in [0.4, 0.5) is 0 Å². The maximum absolute atomic E-state index is 11.2. The van der Waals surface area contributed by atoms with Crippen LogP contribution in [-0.4, -0.2) is 14.1 Å². The Hall–Kier alpha value is -1.10. The maximum atomic E-state index is 11.2. The smallest absolute Gasteiger partial charge is 0.327 e.